The molecule has 2 aromatic heterocycles. The first kappa shape index (κ1) is 31.2. The predicted molar refractivity (Wildman–Crippen MR) is 168 cm³/mol. The van der Waals surface area contributed by atoms with Gasteiger partial charge in [-0.25, -0.2) is 8.78 Å². The van der Waals surface area contributed by atoms with Crippen LogP contribution in [-0.4, -0.2) is 36.2 Å². The fraction of sp³-hybridized carbons (Fsp3) is 0.371. The molecule has 0 amide bonds. The van der Waals surface area contributed by atoms with E-state index in [1.54, 1.807) is 18.6 Å². The number of furan rings is 2. The molecule has 4 atom stereocenters. The average Bonchev–Trinajstić information content (AvgIpc) is 3.65. The maximum atomic E-state index is 14.0. The highest BCUT2D eigenvalue weighted by molar-refractivity contribution is 5.85. The number of aliphatic hydroxyl groups is 1. The summed E-state index contributed by atoms with van der Waals surface area (Å²) in [5.74, 6) is 0.374. The van der Waals surface area contributed by atoms with Crippen molar-refractivity contribution >= 4 is 34.3 Å². The van der Waals surface area contributed by atoms with Gasteiger partial charge in [0.15, 0.2) is 0 Å². The lowest BCUT2D eigenvalue weighted by Gasteiger charge is -2.44. The molecule has 5 aromatic rings. The van der Waals surface area contributed by atoms with Crippen LogP contribution < -0.4 is 5.32 Å². The van der Waals surface area contributed by atoms with Crippen molar-refractivity contribution in [2.75, 3.05) is 26.2 Å². The Kier molecular flexibility index (Phi) is 9.57. The molecule has 2 aliphatic rings. The van der Waals surface area contributed by atoms with Gasteiger partial charge in [0.05, 0.1) is 18.1 Å². The van der Waals surface area contributed by atoms with Crippen LogP contribution in [0.3, 0.4) is 0 Å². The summed E-state index contributed by atoms with van der Waals surface area (Å²) in [6, 6.07) is 20.1. The second-order valence-electron chi connectivity index (χ2n) is 12.0. The lowest BCUT2D eigenvalue weighted by molar-refractivity contribution is -0.0719. The fourth-order valence-corrected chi connectivity index (χ4v) is 6.83. The third-order valence-corrected chi connectivity index (χ3v) is 9.16. The van der Waals surface area contributed by atoms with Gasteiger partial charge >= 0.3 is 0 Å². The molecule has 0 radical (unpaired) electrons. The third kappa shape index (κ3) is 6.50. The van der Waals surface area contributed by atoms with Crippen molar-refractivity contribution in [2.24, 2.45) is 11.8 Å². The molecule has 2 saturated heterocycles. The number of piperidine rings is 2. The molecule has 2 unspecified atom stereocenters. The summed E-state index contributed by atoms with van der Waals surface area (Å²) < 4.78 is 38.2. The Hall–Kier alpha value is -3.23. The quantitative estimate of drug-likeness (QED) is 0.216. The van der Waals surface area contributed by atoms with Crippen LogP contribution in [-0.2, 0) is 12.1 Å². The van der Waals surface area contributed by atoms with Crippen molar-refractivity contribution in [3.63, 3.8) is 0 Å². The van der Waals surface area contributed by atoms with E-state index in [1.165, 1.54) is 23.8 Å². The van der Waals surface area contributed by atoms with Crippen molar-refractivity contribution in [1.82, 2.24) is 10.2 Å². The monoisotopic (exact) mass is 608 g/mol. The van der Waals surface area contributed by atoms with E-state index in [4.69, 9.17) is 8.83 Å². The number of nitrogens with zero attached hydrogens (tertiary/aromatic N) is 1. The molecule has 0 spiro atoms. The van der Waals surface area contributed by atoms with Gasteiger partial charge in [0, 0.05) is 48.5 Å². The molecule has 0 saturated carbocycles. The summed E-state index contributed by atoms with van der Waals surface area (Å²) in [6.07, 6.45) is 4.82. The first-order chi connectivity index (χ1) is 20.3. The molecule has 3 aromatic carbocycles. The zero-order valence-corrected chi connectivity index (χ0v) is 25.4. The summed E-state index contributed by atoms with van der Waals surface area (Å²) >= 11 is 0. The van der Waals surface area contributed by atoms with Crippen LogP contribution in [0.25, 0.3) is 21.9 Å². The Morgan fingerprint density at radius 1 is 0.930 bits per heavy atom. The van der Waals surface area contributed by atoms with E-state index < -0.39 is 5.60 Å². The molecule has 43 heavy (non-hydrogen) atoms. The number of fused-ring (bicyclic) bond motifs is 2. The molecule has 8 heteroatoms. The van der Waals surface area contributed by atoms with Gasteiger partial charge in [-0.05, 0) is 78.7 Å². The number of rotatable bonds is 4. The van der Waals surface area contributed by atoms with Gasteiger partial charge in [0.1, 0.15) is 22.8 Å². The van der Waals surface area contributed by atoms with E-state index in [0.717, 1.165) is 55.5 Å². The van der Waals surface area contributed by atoms with E-state index in [1.807, 2.05) is 37.3 Å². The number of likely N-dealkylation sites (tertiary alicyclic amines) is 1. The highest BCUT2D eigenvalue weighted by Crippen LogP contribution is 2.41. The van der Waals surface area contributed by atoms with Gasteiger partial charge in [0.25, 0.3) is 0 Å². The van der Waals surface area contributed by atoms with Crippen LogP contribution in [0.2, 0.25) is 0 Å². The fourth-order valence-electron chi connectivity index (χ4n) is 6.83. The van der Waals surface area contributed by atoms with E-state index in [9.17, 15) is 13.9 Å². The smallest absolute Gasteiger partial charge is 0.137 e. The van der Waals surface area contributed by atoms with E-state index in [0.29, 0.717) is 35.0 Å². The van der Waals surface area contributed by atoms with Crippen LogP contribution in [0.4, 0.5) is 8.78 Å². The number of hydrogen-bond donors (Lipinski definition) is 2. The normalized spacial score (nSPS) is 24.3. The third-order valence-electron chi connectivity index (χ3n) is 9.16. The molecule has 7 rings (SSSR count). The molecule has 2 aliphatic heterocycles. The topological polar surface area (TPSA) is 61.8 Å². The second kappa shape index (κ2) is 13.2. The lowest BCUT2D eigenvalue weighted by Crippen LogP contribution is -2.48. The van der Waals surface area contributed by atoms with Crippen molar-refractivity contribution < 1.29 is 22.7 Å². The Labute approximate surface area is 257 Å². The van der Waals surface area contributed by atoms with Gasteiger partial charge in [-0.1, -0.05) is 44.2 Å². The first-order valence-electron chi connectivity index (χ1n) is 14.8. The second-order valence-corrected chi connectivity index (χ2v) is 12.0. The van der Waals surface area contributed by atoms with Crippen molar-refractivity contribution in [3.8, 4) is 0 Å². The first-order valence-corrected chi connectivity index (χ1v) is 14.8. The Morgan fingerprint density at radius 3 is 2.30 bits per heavy atom. The van der Waals surface area contributed by atoms with E-state index >= 15 is 0 Å². The minimum atomic E-state index is -1.04. The highest BCUT2D eigenvalue weighted by Gasteiger charge is 2.41. The lowest BCUT2D eigenvalue weighted by atomic mass is 9.75. The number of nitrogens with one attached hydrogen (secondary N) is 1. The van der Waals surface area contributed by atoms with Crippen LogP contribution in [0.5, 0.6) is 0 Å². The summed E-state index contributed by atoms with van der Waals surface area (Å²) in [4.78, 5) is 2.35. The number of halogens is 3. The van der Waals surface area contributed by atoms with Crippen molar-refractivity contribution in [3.05, 3.63) is 108 Å². The molecule has 2 N–H and O–H groups in total. The van der Waals surface area contributed by atoms with Gasteiger partial charge in [-0.3, -0.25) is 4.90 Å². The molecule has 228 valence electrons. The SMILES string of the molecule is CC1CN(Cc2ccccc2)CCC1(O)c1cc(F)cc2occc12.C[C@@H]1CNCC[C@@H]1c1cc(F)cc2occc12.Cl. The largest absolute Gasteiger partial charge is 0.464 e. The molecular formula is C35H39ClF2N2O3. The average molecular weight is 609 g/mol. The highest BCUT2D eigenvalue weighted by atomic mass is 35.5. The number of hydrogen-bond acceptors (Lipinski definition) is 5. The van der Waals surface area contributed by atoms with Crippen molar-refractivity contribution in [1.29, 1.82) is 0 Å². The minimum Gasteiger partial charge on any atom is -0.464 e. The standard InChI is InChI=1S/C21H22FNO2.C14H16FNO.ClH/c1-15-13-23(14-16-5-3-2-4-6-16)9-8-21(15,24)19-11-17(22)12-20-18(19)7-10-25-20;1-9-8-16-4-2-11(9)13-6-10(15)7-14-12(13)3-5-17-14;/h2-7,10-12,15,24H,8-9,13-14H2,1H3;3,5-7,9,11,16H,2,4,8H2,1H3;1H/t;9-,11+;/m.1./s1. The van der Waals surface area contributed by atoms with Crippen molar-refractivity contribution in [2.45, 2.75) is 44.8 Å². The van der Waals surface area contributed by atoms with Crippen LogP contribution in [0.1, 0.15) is 49.3 Å². The zero-order chi connectivity index (χ0) is 29.3. The Morgan fingerprint density at radius 2 is 1.60 bits per heavy atom. The summed E-state index contributed by atoms with van der Waals surface area (Å²) in [5.41, 5.74) is 3.11. The zero-order valence-electron chi connectivity index (χ0n) is 24.6. The number of benzene rings is 3. The molecule has 4 heterocycles. The van der Waals surface area contributed by atoms with Crippen LogP contribution in [0.15, 0.2) is 88.1 Å². The summed E-state index contributed by atoms with van der Waals surface area (Å²) in [6.45, 7) is 8.66. The molecule has 2 fully saturated rings. The minimum absolute atomic E-state index is 0. The van der Waals surface area contributed by atoms with Gasteiger partial charge in [-0.2, -0.15) is 0 Å². The van der Waals surface area contributed by atoms with E-state index in [-0.39, 0.29) is 30.0 Å². The van der Waals surface area contributed by atoms with Crippen LogP contribution in [0, 0.1) is 23.5 Å². The molecular weight excluding hydrogens is 570 g/mol. The molecule has 0 bridgehead atoms. The Balaban J connectivity index is 0.000000179. The summed E-state index contributed by atoms with van der Waals surface area (Å²) in [7, 11) is 0. The van der Waals surface area contributed by atoms with E-state index in [2.05, 4.69) is 29.3 Å². The maximum absolute atomic E-state index is 14.0. The Bertz CT molecular complexity index is 1660. The predicted octanol–water partition coefficient (Wildman–Crippen LogP) is 8.01. The van der Waals surface area contributed by atoms with Gasteiger partial charge < -0.3 is 19.3 Å². The van der Waals surface area contributed by atoms with Gasteiger partial charge in [-0.15, -0.1) is 12.4 Å². The van der Waals surface area contributed by atoms with Gasteiger partial charge in [0.2, 0.25) is 0 Å². The molecule has 5 nitrogen and oxygen atoms in total. The van der Waals surface area contributed by atoms with Crippen LogP contribution >= 0.6 is 12.4 Å². The molecule has 0 aliphatic carbocycles. The maximum Gasteiger partial charge on any atom is 0.137 e. The summed E-state index contributed by atoms with van der Waals surface area (Å²) in [5, 5.41) is 16.6.